The van der Waals surface area contributed by atoms with Gasteiger partial charge in [0.25, 0.3) is 0 Å². The zero-order valence-corrected chi connectivity index (χ0v) is 7.66. The Labute approximate surface area is 81.7 Å². The van der Waals surface area contributed by atoms with Crippen molar-refractivity contribution < 1.29 is 4.74 Å². The molecule has 0 spiro atoms. The van der Waals surface area contributed by atoms with Gasteiger partial charge in [0, 0.05) is 24.2 Å². The number of nitrogens with zero attached hydrogens (tertiary/aromatic N) is 1. The maximum Gasteiger partial charge on any atom is 0.144 e. The molecule has 2 aromatic rings. The largest absolute Gasteiger partial charge is 0.490 e. The van der Waals surface area contributed by atoms with Crippen molar-refractivity contribution in [2.45, 2.75) is 0 Å². The Balaban J connectivity index is 2.27. The fourth-order valence-corrected chi connectivity index (χ4v) is 1.71. The van der Waals surface area contributed by atoms with Gasteiger partial charge in [-0.3, -0.25) is 4.98 Å². The molecular weight excluding hydrogens is 176 g/mol. The molecule has 14 heavy (non-hydrogen) atoms. The third-order valence-electron chi connectivity index (χ3n) is 2.38. The van der Waals surface area contributed by atoms with E-state index in [-0.39, 0.29) is 0 Å². The Hall–Kier alpha value is -1.77. The SMILES string of the molecule is c1cnc2cc3c(cc2c1)NCCO3. The normalized spacial score (nSPS) is 14.3. The molecule has 1 aromatic heterocycles. The van der Waals surface area contributed by atoms with Crippen molar-refractivity contribution in [3.63, 3.8) is 0 Å². The predicted molar refractivity (Wildman–Crippen MR) is 55.7 cm³/mol. The Kier molecular flexibility index (Phi) is 1.56. The van der Waals surface area contributed by atoms with Gasteiger partial charge in [-0.15, -0.1) is 0 Å². The smallest absolute Gasteiger partial charge is 0.144 e. The third-order valence-corrected chi connectivity index (χ3v) is 2.38. The van der Waals surface area contributed by atoms with E-state index in [1.54, 1.807) is 6.20 Å². The zero-order chi connectivity index (χ0) is 9.38. The van der Waals surface area contributed by atoms with Gasteiger partial charge in [-0.1, -0.05) is 6.07 Å². The number of hydrogen-bond donors (Lipinski definition) is 1. The van der Waals surface area contributed by atoms with Crippen LogP contribution in [0.1, 0.15) is 0 Å². The standard InChI is InChI=1S/C11H10N2O/c1-2-8-6-10-11(14-5-4-13-10)7-9(8)12-3-1/h1-3,6-7,13H,4-5H2. The number of hydrogen-bond acceptors (Lipinski definition) is 3. The molecule has 0 saturated carbocycles. The van der Waals surface area contributed by atoms with Crippen molar-refractivity contribution in [2.24, 2.45) is 0 Å². The van der Waals surface area contributed by atoms with E-state index in [0.29, 0.717) is 0 Å². The van der Waals surface area contributed by atoms with Gasteiger partial charge in [0.05, 0.1) is 11.2 Å². The lowest BCUT2D eigenvalue weighted by molar-refractivity contribution is 0.324. The number of rotatable bonds is 0. The number of pyridine rings is 1. The summed E-state index contributed by atoms with van der Waals surface area (Å²) in [5, 5.41) is 4.44. The summed E-state index contributed by atoms with van der Waals surface area (Å²) in [4.78, 5) is 4.28. The summed E-state index contributed by atoms with van der Waals surface area (Å²) in [5.74, 6) is 0.905. The first-order valence-corrected chi connectivity index (χ1v) is 4.69. The fraction of sp³-hybridized carbons (Fsp3) is 0.182. The van der Waals surface area contributed by atoms with Gasteiger partial charge in [0.1, 0.15) is 12.4 Å². The Bertz CT molecular complexity index is 437. The summed E-state index contributed by atoms with van der Waals surface area (Å²) in [6.07, 6.45) is 1.80. The number of aromatic nitrogens is 1. The van der Waals surface area contributed by atoms with Gasteiger partial charge in [0.2, 0.25) is 0 Å². The van der Waals surface area contributed by atoms with Crippen molar-refractivity contribution in [3.8, 4) is 5.75 Å². The molecule has 3 rings (SSSR count). The first kappa shape index (κ1) is 7.62. The summed E-state index contributed by atoms with van der Waals surface area (Å²) in [7, 11) is 0. The van der Waals surface area contributed by atoms with Crippen molar-refractivity contribution >= 4 is 16.6 Å². The van der Waals surface area contributed by atoms with Crippen molar-refractivity contribution in [3.05, 3.63) is 30.5 Å². The Morgan fingerprint density at radius 2 is 2.36 bits per heavy atom. The van der Waals surface area contributed by atoms with Gasteiger partial charge in [-0.2, -0.15) is 0 Å². The van der Waals surface area contributed by atoms with E-state index in [4.69, 9.17) is 4.74 Å². The van der Waals surface area contributed by atoms with E-state index in [1.165, 1.54) is 0 Å². The highest BCUT2D eigenvalue weighted by atomic mass is 16.5. The molecule has 70 valence electrons. The quantitative estimate of drug-likeness (QED) is 0.683. The zero-order valence-electron chi connectivity index (χ0n) is 7.66. The first-order chi connectivity index (χ1) is 6.93. The number of anilines is 1. The first-order valence-electron chi connectivity index (χ1n) is 4.69. The van der Waals surface area contributed by atoms with Crippen LogP contribution in [0.4, 0.5) is 5.69 Å². The molecule has 0 unspecified atom stereocenters. The van der Waals surface area contributed by atoms with Crippen molar-refractivity contribution in [1.29, 1.82) is 0 Å². The monoisotopic (exact) mass is 186 g/mol. The molecule has 1 aliphatic rings. The highest BCUT2D eigenvalue weighted by molar-refractivity contribution is 5.85. The topological polar surface area (TPSA) is 34.2 Å². The maximum absolute atomic E-state index is 5.53. The second kappa shape index (κ2) is 2.87. The summed E-state index contributed by atoms with van der Waals surface area (Å²) in [6, 6.07) is 8.06. The average Bonchev–Trinajstić information content (AvgIpc) is 2.26. The Morgan fingerprint density at radius 3 is 3.36 bits per heavy atom. The lowest BCUT2D eigenvalue weighted by Crippen LogP contribution is -2.17. The summed E-state index contributed by atoms with van der Waals surface area (Å²) < 4.78 is 5.53. The third kappa shape index (κ3) is 1.09. The molecule has 0 fully saturated rings. The van der Waals surface area contributed by atoms with Crippen LogP contribution < -0.4 is 10.1 Å². The number of ether oxygens (including phenoxy) is 1. The minimum absolute atomic E-state index is 0.728. The van der Waals surface area contributed by atoms with Crippen LogP contribution in [0.15, 0.2) is 30.5 Å². The summed E-state index contributed by atoms with van der Waals surface area (Å²) in [6.45, 7) is 1.60. The second-order valence-electron chi connectivity index (χ2n) is 3.32. The molecule has 0 saturated heterocycles. The van der Waals surface area contributed by atoms with Crippen LogP contribution in [-0.4, -0.2) is 18.1 Å². The molecule has 1 aliphatic heterocycles. The molecule has 1 aromatic carbocycles. The average molecular weight is 186 g/mol. The highest BCUT2D eigenvalue weighted by Crippen LogP contribution is 2.31. The fourth-order valence-electron chi connectivity index (χ4n) is 1.71. The molecule has 1 N–H and O–H groups in total. The molecule has 0 aliphatic carbocycles. The number of benzene rings is 1. The van der Waals surface area contributed by atoms with E-state index in [9.17, 15) is 0 Å². The lowest BCUT2D eigenvalue weighted by Gasteiger charge is -2.19. The van der Waals surface area contributed by atoms with Crippen LogP contribution in [0.3, 0.4) is 0 Å². The molecule has 2 heterocycles. The summed E-state index contributed by atoms with van der Waals surface area (Å²) >= 11 is 0. The van der Waals surface area contributed by atoms with Gasteiger partial charge in [-0.05, 0) is 12.1 Å². The molecule has 3 nitrogen and oxygen atoms in total. The van der Waals surface area contributed by atoms with Crippen LogP contribution >= 0.6 is 0 Å². The van der Waals surface area contributed by atoms with Crippen LogP contribution in [0.25, 0.3) is 10.9 Å². The maximum atomic E-state index is 5.53. The van der Waals surface area contributed by atoms with Crippen molar-refractivity contribution in [1.82, 2.24) is 4.98 Å². The van der Waals surface area contributed by atoms with Crippen LogP contribution in [0, 0.1) is 0 Å². The molecule has 0 amide bonds. The number of nitrogens with one attached hydrogen (secondary N) is 1. The van der Waals surface area contributed by atoms with Crippen LogP contribution in [0.5, 0.6) is 5.75 Å². The Morgan fingerprint density at radius 1 is 1.36 bits per heavy atom. The molecule has 3 heteroatoms. The van der Waals surface area contributed by atoms with Gasteiger partial charge in [0.15, 0.2) is 0 Å². The van der Waals surface area contributed by atoms with E-state index in [1.807, 2.05) is 12.1 Å². The summed E-state index contributed by atoms with van der Waals surface area (Å²) in [5.41, 5.74) is 2.05. The van der Waals surface area contributed by atoms with Crippen LogP contribution in [-0.2, 0) is 0 Å². The van der Waals surface area contributed by atoms with E-state index in [2.05, 4.69) is 22.4 Å². The van der Waals surface area contributed by atoms with Crippen LogP contribution in [0.2, 0.25) is 0 Å². The van der Waals surface area contributed by atoms with E-state index >= 15 is 0 Å². The van der Waals surface area contributed by atoms with Crippen molar-refractivity contribution in [2.75, 3.05) is 18.5 Å². The van der Waals surface area contributed by atoms with Gasteiger partial charge < -0.3 is 10.1 Å². The van der Waals surface area contributed by atoms with Gasteiger partial charge in [-0.25, -0.2) is 0 Å². The molecular formula is C11H10N2O. The van der Waals surface area contributed by atoms with E-state index < -0.39 is 0 Å². The minimum Gasteiger partial charge on any atom is -0.490 e. The highest BCUT2D eigenvalue weighted by Gasteiger charge is 2.10. The molecule has 0 bridgehead atoms. The number of fused-ring (bicyclic) bond motifs is 2. The molecule has 0 atom stereocenters. The lowest BCUT2D eigenvalue weighted by atomic mass is 10.1. The van der Waals surface area contributed by atoms with E-state index in [0.717, 1.165) is 35.5 Å². The van der Waals surface area contributed by atoms with Gasteiger partial charge >= 0.3 is 0 Å². The minimum atomic E-state index is 0.728. The predicted octanol–water partition coefficient (Wildman–Crippen LogP) is 2.04. The second-order valence-corrected chi connectivity index (χ2v) is 3.32. The molecule has 0 radical (unpaired) electrons.